The van der Waals surface area contributed by atoms with Crippen molar-refractivity contribution in [3.8, 4) is 0 Å². The minimum absolute atomic E-state index is 0.0510. The van der Waals surface area contributed by atoms with Gasteiger partial charge in [0.05, 0.1) is 32.2 Å². The number of allylic oxidation sites excluding steroid dienone is 2. The highest BCUT2D eigenvalue weighted by atomic mass is 35.5. The number of fused-ring (bicyclic) bond motifs is 10. The molecule has 0 atom stereocenters. The predicted octanol–water partition coefficient (Wildman–Crippen LogP) is 11.2. The molecular weight excluding hydrogens is 659 g/mol. The van der Waals surface area contributed by atoms with Gasteiger partial charge < -0.3 is 18.6 Å². The van der Waals surface area contributed by atoms with Gasteiger partial charge in [-0.1, -0.05) is 46.7 Å². The van der Waals surface area contributed by atoms with E-state index in [1.807, 2.05) is 48.5 Å². The molecule has 6 aromatic rings. The lowest BCUT2D eigenvalue weighted by atomic mass is 10.1. The number of furan rings is 2. The Morgan fingerprint density at radius 1 is 0.652 bits per heavy atom. The number of ketones is 2. The molecule has 4 heterocycles. The summed E-state index contributed by atoms with van der Waals surface area (Å²) in [6, 6.07) is 19.5. The van der Waals surface area contributed by atoms with Crippen LogP contribution >= 0.6 is 46.7 Å². The molecule has 2 aliphatic rings. The van der Waals surface area contributed by atoms with E-state index in [1.165, 1.54) is 0 Å². The smallest absolute Gasteiger partial charge is 0.155 e. The number of anilines is 2. The summed E-state index contributed by atoms with van der Waals surface area (Å²) >= 11 is 15.5. The van der Waals surface area contributed by atoms with Crippen LogP contribution in [-0.4, -0.2) is 24.7 Å². The Bertz CT molecular complexity index is 2300. The highest BCUT2D eigenvalue weighted by Gasteiger charge is 2.30. The second-order valence-electron chi connectivity index (χ2n) is 10.9. The lowest BCUT2D eigenvalue weighted by molar-refractivity contribution is -0.113. The van der Waals surface area contributed by atoms with E-state index in [9.17, 15) is 9.59 Å². The largest absolute Gasteiger partial charge is 0.456 e. The van der Waals surface area contributed by atoms with Crippen molar-refractivity contribution in [2.75, 3.05) is 22.9 Å². The van der Waals surface area contributed by atoms with E-state index < -0.39 is 0 Å². The van der Waals surface area contributed by atoms with Gasteiger partial charge in [0.15, 0.2) is 11.6 Å². The molecular formula is C36H28Cl2N2O4S2. The van der Waals surface area contributed by atoms with Gasteiger partial charge >= 0.3 is 0 Å². The Morgan fingerprint density at radius 2 is 1.13 bits per heavy atom. The van der Waals surface area contributed by atoms with Gasteiger partial charge in [-0.3, -0.25) is 9.59 Å². The van der Waals surface area contributed by atoms with E-state index in [1.54, 1.807) is 49.5 Å². The molecule has 8 rings (SSSR count). The number of nitrogens with zero attached hydrogens (tertiary/aromatic N) is 2. The minimum atomic E-state index is 0.0510. The zero-order valence-electron chi connectivity index (χ0n) is 25.4. The third kappa shape index (κ3) is 5.27. The predicted molar refractivity (Wildman–Crippen MR) is 193 cm³/mol. The summed E-state index contributed by atoms with van der Waals surface area (Å²) in [7, 11) is 0. The van der Waals surface area contributed by atoms with Crippen LogP contribution in [0.25, 0.3) is 43.9 Å². The third-order valence-corrected chi connectivity index (χ3v) is 10.5. The van der Waals surface area contributed by atoms with Gasteiger partial charge in [-0.25, -0.2) is 0 Å². The maximum Gasteiger partial charge on any atom is 0.155 e. The van der Waals surface area contributed by atoms with Gasteiger partial charge in [0.25, 0.3) is 0 Å². The second-order valence-corrected chi connectivity index (χ2v) is 13.9. The quantitative estimate of drug-likeness (QED) is 0.170. The highest BCUT2D eigenvalue weighted by molar-refractivity contribution is 8.04. The number of benzene rings is 4. The van der Waals surface area contributed by atoms with E-state index in [0.29, 0.717) is 10.0 Å². The number of rotatable bonds is 4. The van der Waals surface area contributed by atoms with Gasteiger partial charge in [0.2, 0.25) is 0 Å². The van der Waals surface area contributed by atoms with Crippen molar-refractivity contribution in [2.45, 2.75) is 37.5 Å². The first-order valence-corrected chi connectivity index (χ1v) is 17.2. The number of hydrogen-bond acceptors (Lipinski definition) is 8. The van der Waals surface area contributed by atoms with Gasteiger partial charge in [-0.2, -0.15) is 0 Å². The molecule has 10 heteroatoms. The Morgan fingerprint density at radius 3 is 1.67 bits per heavy atom. The molecule has 2 aliphatic heterocycles. The van der Waals surface area contributed by atoms with Gasteiger partial charge in [0.1, 0.15) is 22.3 Å². The van der Waals surface area contributed by atoms with Crippen molar-refractivity contribution in [3.63, 3.8) is 0 Å². The molecule has 0 amide bonds. The van der Waals surface area contributed by atoms with E-state index in [2.05, 4.69) is 35.8 Å². The molecule has 0 bridgehead atoms. The molecule has 0 N–H and O–H groups in total. The topological polar surface area (TPSA) is 66.9 Å². The monoisotopic (exact) mass is 686 g/mol. The van der Waals surface area contributed by atoms with Crippen molar-refractivity contribution < 1.29 is 18.4 Å². The Kier molecular flexibility index (Phi) is 8.09. The van der Waals surface area contributed by atoms with Gasteiger partial charge in [0, 0.05) is 61.9 Å². The molecule has 0 unspecified atom stereocenters. The summed E-state index contributed by atoms with van der Waals surface area (Å²) in [5, 5.41) is 7.46. The number of thioether (sulfide) groups is 2. The number of halogens is 2. The molecule has 0 fully saturated rings. The van der Waals surface area contributed by atoms with Crippen molar-refractivity contribution in [3.05, 3.63) is 92.9 Å². The molecule has 0 radical (unpaired) electrons. The molecule has 4 aromatic carbocycles. The Hall–Kier alpha value is -3.82. The number of carbonyl (C=O) groups excluding carboxylic acids is 2. The summed E-state index contributed by atoms with van der Waals surface area (Å²) in [4.78, 5) is 29.7. The van der Waals surface area contributed by atoms with Gasteiger partial charge in [-0.15, -0.1) is 0 Å². The second kappa shape index (κ2) is 12.1. The molecule has 2 aromatic heterocycles. The normalized spacial score (nSPS) is 15.8. The molecule has 232 valence electrons. The van der Waals surface area contributed by atoms with Crippen molar-refractivity contribution in [1.29, 1.82) is 0 Å². The van der Waals surface area contributed by atoms with Crippen LogP contribution in [0.4, 0.5) is 11.4 Å². The summed E-state index contributed by atoms with van der Waals surface area (Å²) < 4.78 is 11.9. The third-order valence-electron chi connectivity index (χ3n) is 7.86. The first-order chi connectivity index (χ1) is 22.2. The first kappa shape index (κ1) is 30.8. The number of hydrogen-bond donors (Lipinski definition) is 0. The van der Waals surface area contributed by atoms with Crippen LogP contribution in [0, 0.1) is 0 Å². The fourth-order valence-electron chi connectivity index (χ4n) is 6.06. The minimum Gasteiger partial charge on any atom is -0.456 e. The molecule has 6 nitrogen and oxygen atoms in total. The summed E-state index contributed by atoms with van der Waals surface area (Å²) in [5.74, 6) is 0.105. The SMILES string of the molecule is CCN1/C(=C/C(C)=O)Sc2ccc3oc4cc(Cl)ccc4c3c21.CCN1/C(=C/C(C)=O)Sc2ccc3oc4ccc(Cl)cc4c3c21. The summed E-state index contributed by atoms with van der Waals surface area (Å²) in [5.41, 5.74) is 5.49. The van der Waals surface area contributed by atoms with Crippen LogP contribution < -0.4 is 9.80 Å². The Balaban J connectivity index is 0.000000147. The lowest BCUT2D eigenvalue weighted by Gasteiger charge is -2.18. The highest BCUT2D eigenvalue weighted by Crippen LogP contribution is 2.53. The molecule has 0 aliphatic carbocycles. The average Bonchev–Trinajstić information content (AvgIpc) is 3.75. The van der Waals surface area contributed by atoms with Crippen LogP contribution in [0.1, 0.15) is 27.7 Å². The average molecular weight is 688 g/mol. The summed E-state index contributed by atoms with van der Waals surface area (Å²) in [6.07, 6.45) is 3.38. The van der Waals surface area contributed by atoms with Crippen LogP contribution in [-0.2, 0) is 9.59 Å². The van der Waals surface area contributed by atoms with Crippen LogP contribution in [0.2, 0.25) is 10.0 Å². The summed E-state index contributed by atoms with van der Waals surface area (Å²) in [6.45, 7) is 8.89. The lowest BCUT2D eigenvalue weighted by Crippen LogP contribution is -2.17. The first-order valence-electron chi connectivity index (χ1n) is 14.8. The zero-order valence-corrected chi connectivity index (χ0v) is 28.6. The van der Waals surface area contributed by atoms with E-state index in [0.717, 1.165) is 88.2 Å². The van der Waals surface area contributed by atoms with E-state index in [4.69, 9.17) is 32.0 Å². The van der Waals surface area contributed by atoms with E-state index >= 15 is 0 Å². The standard InChI is InChI=1S/2C18H14ClNO2S/c1-3-20-16(8-10(2)21)23-15-7-6-14-17(18(15)20)12-9-11(19)4-5-13(12)22-14;1-3-20-16(8-10(2)21)23-15-7-6-13-17(18(15)20)12-5-4-11(19)9-14(12)22-13/h2*4-9H,3H2,1-2H3/b2*16-8-. The molecule has 46 heavy (non-hydrogen) atoms. The molecule has 0 saturated heterocycles. The fraction of sp³-hybridized carbons (Fsp3) is 0.167. The fourth-order valence-corrected chi connectivity index (χ4v) is 8.84. The zero-order chi connectivity index (χ0) is 32.3. The maximum atomic E-state index is 11.5. The Labute approximate surface area is 283 Å². The van der Waals surface area contributed by atoms with Crippen molar-refractivity contribution in [1.82, 2.24) is 0 Å². The molecule has 0 spiro atoms. The van der Waals surface area contributed by atoms with Crippen molar-refractivity contribution in [2.24, 2.45) is 0 Å². The molecule has 0 saturated carbocycles. The number of carbonyl (C=O) groups is 2. The maximum absolute atomic E-state index is 11.5. The van der Waals surface area contributed by atoms with Crippen molar-refractivity contribution >= 4 is 114 Å². The van der Waals surface area contributed by atoms with Gasteiger partial charge in [-0.05, 0) is 82.3 Å². The van der Waals surface area contributed by atoms with E-state index in [-0.39, 0.29) is 11.6 Å². The van der Waals surface area contributed by atoms with Crippen LogP contribution in [0.3, 0.4) is 0 Å². The van der Waals surface area contributed by atoms with Crippen LogP contribution in [0.5, 0.6) is 0 Å². The van der Waals surface area contributed by atoms with Crippen LogP contribution in [0.15, 0.2) is 101 Å².